The number of aromatic nitrogens is 2. The van der Waals surface area contributed by atoms with Gasteiger partial charge in [0.1, 0.15) is 12.1 Å². The van der Waals surface area contributed by atoms with Crippen molar-refractivity contribution in [1.82, 2.24) is 9.97 Å². The molecule has 1 heterocycles. The van der Waals surface area contributed by atoms with Crippen LogP contribution in [0.1, 0.15) is 10.4 Å². The fraction of sp³-hybridized carbons (Fsp3) is 0. The third-order valence-electron chi connectivity index (χ3n) is 3.26. The van der Waals surface area contributed by atoms with E-state index in [1.165, 1.54) is 18.5 Å². The number of hydrogen-bond donors (Lipinski definition) is 2. The van der Waals surface area contributed by atoms with E-state index >= 15 is 0 Å². The molecule has 3 rings (SSSR count). The van der Waals surface area contributed by atoms with Crippen LogP contribution in [0.15, 0.2) is 48.8 Å². The van der Waals surface area contributed by atoms with E-state index in [4.69, 9.17) is 5.73 Å². The van der Waals surface area contributed by atoms with Gasteiger partial charge in [0, 0.05) is 28.8 Å². The van der Waals surface area contributed by atoms with Gasteiger partial charge in [0.2, 0.25) is 5.91 Å². The number of nitrogens with zero attached hydrogens (tertiary/aromatic N) is 3. The van der Waals surface area contributed by atoms with Crippen LogP contribution >= 0.6 is 0 Å². The summed E-state index contributed by atoms with van der Waals surface area (Å²) in [5.41, 5.74) is 6.79. The molecule has 0 aliphatic heterocycles. The van der Waals surface area contributed by atoms with Crippen LogP contribution in [-0.2, 0) is 0 Å². The number of fused-ring (bicyclic) bond motifs is 1. The van der Waals surface area contributed by atoms with Gasteiger partial charge in [-0.15, -0.1) is 0 Å². The van der Waals surface area contributed by atoms with Crippen LogP contribution < -0.4 is 11.1 Å². The Bertz CT molecular complexity index is 909. The Morgan fingerprint density at radius 1 is 1.13 bits per heavy atom. The molecule has 23 heavy (non-hydrogen) atoms. The number of anilines is 2. The van der Waals surface area contributed by atoms with Gasteiger partial charge in [-0.2, -0.15) is 0 Å². The maximum atomic E-state index is 11.1. The van der Waals surface area contributed by atoms with Crippen molar-refractivity contribution in [3.05, 3.63) is 64.5 Å². The Labute approximate surface area is 130 Å². The van der Waals surface area contributed by atoms with Crippen LogP contribution in [0, 0.1) is 10.1 Å². The van der Waals surface area contributed by atoms with Crippen molar-refractivity contribution in [3.8, 4) is 0 Å². The average Bonchev–Trinajstić information content (AvgIpc) is 2.55. The first-order chi connectivity index (χ1) is 11.0. The molecule has 2 aromatic carbocycles. The maximum absolute atomic E-state index is 11.1. The maximum Gasteiger partial charge on any atom is 0.270 e. The molecular weight excluding hydrogens is 298 g/mol. The SMILES string of the molecule is NC(=O)c1ccc(Nc2ncnc3ccc([N+](=O)[O-])cc23)cc1. The molecule has 0 bridgehead atoms. The lowest BCUT2D eigenvalue weighted by molar-refractivity contribution is -0.384. The van der Waals surface area contributed by atoms with Gasteiger partial charge < -0.3 is 11.1 Å². The van der Waals surface area contributed by atoms with Crippen molar-refractivity contribution in [1.29, 1.82) is 0 Å². The monoisotopic (exact) mass is 309 g/mol. The van der Waals surface area contributed by atoms with E-state index in [0.29, 0.717) is 28.0 Å². The molecule has 8 nitrogen and oxygen atoms in total. The Hall–Kier alpha value is -3.55. The van der Waals surface area contributed by atoms with E-state index in [2.05, 4.69) is 15.3 Å². The summed E-state index contributed by atoms with van der Waals surface area (Å²) in [6.45, 7) is 0. The molecule has 0 fully saturated rings. The Morgan fingerprint density at radius 2 is 1.87 bits per heavy atom. The first-order valence-electron chi connectivity index (χ1n) is 6.60. The average molecular weight is 309 g/mol. The van der Waals surface area contributed by atoms with Crippen molar-refractivity contribution in [2.75, 3.05) is 5.32 Å². The minimum Gasteiger partial charge on any atom is -0.366 e. The quantitative estimate of drug-likeness (QED) is 0.563. The zero-order valence-corrected chi connectivity index (χ0v) is 11.8. The highest BCUT2D eigenvalue weighted by Crippen LogP contribution is 2.26. The highest BCUT2D eigenvalue weighted by Gasteiger charge is 2.11. The molecule has 8 heteroatoms. The Morgan fingerprint density at radius 3 is 2.52 bits per heavy atom. The number of nitrogens with one attached hydrogen (secondary N) is 1. The van der Waals surface area contributed by atoms with Gasteiger partial charge in [-0.3, -0.25) is 14.9 Å². The van der Waals surface area contributed by atoms with E-state index in [9.17, 15) is 14.9 Å². The van der Waals surface area contributed by atoms with Gasteiger partial charge in [0.25, 0.3) is 5.69 Å². The normalized spacial score (nSPS) is 10.4. The molecule has 0 radical (unpaired) electrons. The third-order valence-corrected chi connectivity index (χ3v) is 3.26. The number of primary amides is 1. The lowest BCUT2D eigenvalue weighted by Gasteiger charge is -2.08. The number of non-ortho nitro benzene ring substituents is 1. The molecule has 0 aliphatic carbocycles. The molecule has 0 saturated heterocycles. The van der Waals surface area contributed by atoms with E-state index in [0.717, 1.165) is 0 Å². The predicted octanol–water partition coefficient (Wildman–Crippen LogP) is 2.38. The zero-order valence-electron chi connectivity index (χ0n) is 11.8. The number of carbonyl (C=O) groups is 1. The Balaban J connectivity index is 2.00. The number of rotatable bonds is 4. The first-order valence-corrected chi connectivity index (χ1v) is 6.60. The summed E-state index contributed by atoms with van der Waals surface area (Å²) in [6.07, 6.45) is 1.37. The summed E-state index contributed by atoms with van der Waals surface area (Å²) in [7, 11) is 0. The molecule has 3 N–H and O–H groups in total. The second kappa shape index (κ2) is 5.68. The standard InChI is InChI=1S/C15H11N5O3/c16-14(21)9-1-3-10(4-2-9)19-15-12-7-11(20(22)23)5-6-13(12)17-8-18-15/h1-8H,(H2,16,21)(H,17,18,19). The zero-order chi connectivity index (χ0) is 16.4. The largest absolute Gasteiger partial charge is 0.366 e. The van der Waals surface area contributed by atoms with Crippen LogP contribution in [0.3, 0.4) is 0 Å². The molecule has 3 aromatic rings. The number of carbonyl (C=O) groups excluding carboxylic acids is 1. The smallest absolute Gasteiger partial charge is 0.270 e. The summed E-state index contributed by atoms with van der Waals surface area (Å²) in [6, 6.07) is 10.9. The van der Waals surface area contributed by atoms with Crippen LogP contribution in [-0.4, -0.2) is 20.8 Å². The molecule has 1 amide bonds. The van der Waals surface area contributed by atoms with Gasteiger partial charge >= 0.3 is 0 Å². The van der Waals surface area contributed by atoms with Gasteiger partial charge in [0.15, 0.2) is 0 Å². The number of benzene rings is 2. The summed E-state index contributed by atoms with van der Waals surface area (Å²) in [5.74, 6) is -0.0785. The number of hydrogen-bond acceptors (Lipinski definition) is 6. The van der Waals surface area contributed by atoms with Crippen molar-refractivity contribution >= 4 is 34.0 Å². The molecule has 0 unspecified atom stereocenters. The molecule has 0 aliphatic rings. The third kappa shape index (κ3) is 2.91. The first kappa shape index (κ1) is 14.4. The van der Waals surface area contributed by atoms with Crippen LogP contribution in [0.2, 0.25) is 0 Å². The number of amides is 1. The molecule has 0 atom stereocenters. The number of nitro benzene ring substituents is 1. The lowest BCUT2D eigenvalue weighted by Crippen LogP contribution is -2.10. The fourth-order valence-corrected chi connectivity index (χ4v) is 2.11. The highest BCUT2D eigenvalue weighted by molar-refractivity contribution is 5.94. The highest BCUT2D eigenvalue weighted by atomic mass is 16.6. The van der Waals surface area contributed by atoms with Crippen LogP contribution in [0.5, 0.6) is 0 Å². The topological polar surface area (TPSA) is 124 Å². The van der Waals surface area contributed by atoms with E-state index < -0.39 is 10.8 Å². The predicted molar refractivity (Wildman–Crippen MR) is 84.4 cm³/mol. The summed E-state index contributed by atoms with van der Waals surface area (Å²) in [5, 5.41) is 14.5. The van der Waals surface area contributed by atoms with Crippen molar-refractivity contribution in [2.45, 2.75) is 0 Å². The minimum atomic E-state index is -0.514. The number of nitro groups is 1. The molecular formula is C15H11N5O3. The van der Waals surface area contributed by atoms with Gasteiger partial charge in [-0.05, 0) is 30.3 Å². The van der Waals surface area contributed by atoms with Crippen LogP contribution in [0.4, 0.5) is 17.2 Å². The molecule has 1 aromatic heterocycles. The molecule has 114 valence electrons. The van der Waals surface area contributed by atoms with Crippen molar-refractivity contribution in [3.63, 3.8) is 0 Å². The molecule has 0 spiro atoms. The second-order valence-corrected chi connectivity index (χ2v) is 4.75. The summed E-state index contributed by atoms with van der Waals surface area (Å²) >= 11 is 0. The van der Waals surface area contributed by atoms with Gasteiger partial charge in [-0.25, -0.2) is 9.97 Å². The summed E-state index contributed by atoms with van der Waals surface area (Å²) in [4.78, 5) is 29.7. The molecule has 0 saturated carbocycles. The van der Waals surface area contributed by atoms with E-state index in [-0.39, 0.29) is 5.69 Å². The van der Waals surface area contributed by atoms with Crippen LogP contribution in [0.25, 0.3) is 10.9 Å². The lowest BCUT2D eigenvalue weighted by atomic mass is 10.2. The Kier molecular flexibility index (Phi) is 3.55. The second-order valence-electron chi connectivity index (χ2n) is 4.75. The van der Waals surface area contributed by atoms with Crippen molar-refractivity contribution in [2.24, 2.45) is 5.73 Å². The minimum absolute atomic E-state index is 0.0422. The van der Waals surface area contributed by atoms with Crippen molar-refractivity contribution < 1.29 is 9.72 Å². The summed E-state index contributed by atoms with van der Waals surface area (Å²) < 4.78 is 0. The van der Waals surface area contributed by atoms with E-state index in [1.54, 1.807) is 30.3 Å². The van der Waals surface area contributed by atoms with E-state index in [1.807, 2.05) is 0 Å². The number of nitrogens with two attached hydrogens (primary N) is 1. The van der Waals surface area contributed by atoms with Gasteiger partial charge in [-0.1, -0.05) is 0 Å². The van der Waals surface area contributed by atoms with Gasteiger partial charge in [0.05, 0.1) is 10.4 Å². The fourth-order valence-electron chi connectivity index (χ4n) is 2.11.